The highest BCUT2D eigenvalue weighted by atomic mass is 19.1. The molecule has 0 aliphatic heterocycles. The lowest BCUT2D eigenvalue weighted by Crippen LogP contribution is -2.27. The molecule has 30 heavy (non-hydrogen) atoms. The molecule has 0 N–H and O–H groups in total. The van der Waals surface area contributed by atoms with E-state index in [1.54, 1.807) is 12.1 Å². The molecule has 0 saturated carbocycles. The van der Waals surface area contributed by atoms with Crippen molar-refractivity contribution in [3.8, 4) is 5.69 Å². The molecule has 2 aromatic carbocycles. The molecular formula is C28H26FN. The molecule has 0 radical (unpaired) electrons. The molecule has 1 nitrogen and oxygen atoms in total. The van der Waals surface area contributed by atoms with E-state index < -0.39 is 0 Å². The van der Waals surface area contributed by atoms with Crippen LogP contribution in [0.4, 0.5) is 4.39 Å². The van der Waals surface area contributed by atoms with E-state index >= 15 is 0 Å². The first kappa shape index (κ1) is 21.1. The predicted molar refractivity (Wildman–Crippen MR) is 129 cm³/mol. The van der Waals surface area contributed by atoms with Crippen LogP contribution >= 0.6 is 0 Å². The van der Waals surface area contributed by atoms with Crippen molar-refractivity contribution in [2.45, 2.75) is 13.8 Å². The van der Waals surface area contributed by atoms with Crippen LogP contribution in [0.15, 0.2) is 85.5 Å². The number of para-hydroxylation sites is 1. The Morgan fingerprint density at radius 2 is 1.70 bits per heavy atom. The summed E-state index contributed by atoms with van der Waals surface area (Å²) < 4.78 is 15.8. The summed E-state index contributed by atoms with van der Waals surface area (Å²) in [4.78, 5) is 0. The monoisotopic (exact) mass is 395 g/mol. The molecule has 3 aromatic rings. The van der Waals surface area contributed by atoms with Crippen molar-refractivity contribution >= 4 is 30.4 Å². The topological polar surface area (TPSA) is 4.93 Å². The summed E-state index contributed by atoms with van der Waals surface area (Å²) in [5.74, 6) is -0.265. The highest BCUT2D eigenvalue weighted by Gasteiger charge is 2.11. The van der Waals surface area contributed by atoms with Crippen LogP contribution in [0.1, 0.15) is 30.7 Å². The molecule has 1 aromatic heterocycles. The Morgan fingerprint density at radius 3 is 2.33 bits per heavy atom. The Morgan fingerprint density at radius 1 is 0.967 bits per heavy atom. The number of benzene rings is 2. The zero-order valence-electron chi connectivity index (χ0n) is 17.5. The second-order valence-electron chi connectivity index (χ2n) is 6.83. The van der Waals surface area contributed by atoms with Crippen molar-refractivity contribution in [2.24, 2.45) is 0 Å². The molecule has 0 aliphatic carbocycles. The van der Waals surface area contributed by atoms with E-state index in [0.717, 1.165) is 38.6 Å². The van der Waals surface area contributed by atoms with E-state index in [2.05, 4.69) is 42.0 Å². The zero-order valence-corrected chi connectivity index (χ0v) is 17.5. The van der Waals surface area contributed by atoms with E-state index in [-0.39, 0.29) is 5.82 Å². The summed E-state index contributed by atoms with van der Waals surface area (Å²) in [6.07, 6.45) is 14.0. The molecular weight excluding hydrogens is 369 g/mol. The quantitative estimate of drug-likeness (QED) is 0.442. The van der Waals surface area contributed by atoms with E-state index in [9.17, 15) is 4.39 Å². The Bertz CT molecular complexity index is 1240. The largest absolute Gasteiger partial charge is 0.310 e. The van der Waals surface area contributed by atoms with Gasteiger partial charge in [0, 0.05) is 21.8 Å². The number of halogens is 1. The van der Waals surface area contributed by atoms with E-state index in [4.69, 9.17) is 0 Å². The minimum atomic E-state index is -0.265. The van der Waals surface area contributed by atoms with E-state index in [0.29, 0.717) is 0 Å². The molecule has 3 rings (SSSR count). The highest BCUT2D eigenvalue weighted by molar-refractivity contribution is 5.79. The molecule has 2 heteroatoms. The summed E-state index contributed by atoms with van der Waals surface area (Å²) in [6.45, 7) is 12.3. The molecule has 0 bridgehead atoms. The standard InChI is InChI=1S/C28H26FN/c1-5-12-27-26(19-18-22(7-3)23-14-11-15-24(29)20-23)21(4)30(28(27)13-6-2)25-16-9-8-10-17-25/h5-20H,3-4H2,1-2H3/b12-5-,13-6-,22-18+,26-19+. The first-order valence-electron chi connectivity index (χ1n) is 9.95. The Hall–Kier alpha value is -3.65. The maximum Gasteiger partial charge on any atom is 0.123 e. The minimum absolute atomic E-state index is 0.265. The van der Waals surface area contributed by atoms with E-state index in [1.807, 2.05) is 62.4 Å². The fraction of sp³-hybridized carbons (Fsp3) is 0.0714. The minimum Gasteiger partial charge on any atom is -0.310 e. The van der Waals surface area contributed by atoms with Crippen molar-refractivity contribution in [1.29, 1.82) is 0 Å². The van der Waals surface area contributed by atoms with Crippen LogP contribution in [0.3, 0.4) is 0 Å². The van der Waals surface area contributed by atoms with Gasteiger partial charge in [-0.1, -0.05) is 79.9 Å². The molecule has 0 atom stereocenters. The molecule has 0 saturated heterocycles. The van der Waals surface area contributed by atoms with Gasteiger partial charge in [0.1, 0.15) is 5.82 Å². The fourth-order valence-corrected chi connectivity index (χ4v) is 3.52. The first-order valence-corrected chi connectivity index (χ1v) is 9.95. The summed E-state index contributed by atoms with van der Waals surface area (Å²) >= 11 is 0. The highest BCUT2D eigenvalue weighted by Crippen LogP contribution is 2.18. The lowest BCUT2D eigenvalue weighted by molar-refractivity contribution is 0.627. The maximum absolute atomic E-state index is 13.7. The van der Waals surface area contributed by atoms with Crippen molar-refractivity contribution in [1.82, 2.24) is 4.57 Å². The van der Waals surface area contributed by atoms with Gasteiger partial charge in [0.05, 0.1) is 5.69 Å². The van der Waals surface area contributed by atoms with Crippen LogP contribution in [-0.2, 0) is 0 Å². The van der Waals surface area contributed by atoms with Gasteiger partial charge in [-0.2, -0.15) is 0 Å². The van der Waals surface area contributed by atoms with Crippen LogP contribution < -0.4 is 10.6 Å². The zero-order chi connectivity index (χ0) is 21.5. The van der Waals surface area contributed by atoms with Gasteiger partial charge in [0.15, 0.2) is 0 Å². The molecule has 0 spiro atoms. The number of allylic oxidation sites excluding steroid dienone is 5. The van der Waals surface area contributed by atoms with Gasteiger partial charge in [-0.3, -0.25) is 0 Å². The lowest BCUT2D eigenvalue weighted by Gasteiger charge is -2.07. The molecule has 1 heterocycles. The van der Waals surface area contributed by atoms with Crippen LogP contribution in [0, 0.1) is 5.82 Å². The Kier molecular flexibility index (Phi) is 6.82. The molecule has 0 fully saturated rings. The molecule has 0 unspecified atom stereocenters. The maximum atomic E-state index is 13.7. The third kappa shape index (κ3) is 4.33. The van der Waals surface area contributed by atoms with Crippen LogP contribution in [0.2, 0.25) is 0 Å². The van der Waals surface area contributed by atoms with Crippen LogP contribution in [-0.4, -0.2) is 4.57 Å². The molecule has 0 aliphatic rings. The van der Waals surface area contributed by atoms with Crippen LogP contribution in [0.5, 0.6) is 0 Å². The van der Waals surface area contributed by atoms with Gasteiger partial charge in [-0.15, -0.1) is 0 Å². The Labute approximate surface area is 177 Å². The van der Waals surface area contributed by atoms with Crippen molar-refractivity contribution in [3.05, 3.63) is 119 Å². The first-order chi connectivity index (χ1) is 14.6. The molecule has 0 amide bonds. The summed E-state index contributed by atoms with van der Waals surface area (Å²) in [5, 5.41) is 1.90. The number of rotatable bonds is 6. The van der Waals surface area contributed by atoms with Crippen LogP contribution in [0.25, 0.3) is 36.1 Å². The van der Waals surface area contributed by atoms with E-state index in [1.165, 1.54) is 12.1 Å². The van der Waals surface area contributed by atoms with Gasteiger partial charge >= 0.3 is 0 Å². The SMILES string of the molecule is C=C/C(=C\C=c1\c(/C=C\C)c(/C=C\C)n(-c2ccccc2)c1=C)c1cccc(F)c1. The van der Waals surface area contributed by atoms with Gasteiger partial charge in [-0.25, -0.2) is 4.39 Å². The normalized spacial score (nSPS) is 12.9. The third-order valence-corrected chi connectivity index (χ3v) is 4.87. The van der Waals surface area contributed by atoms with Crippen molar-refractivity contribution in [2.75, 3.05) is 0 Å². The summed E-state index contributed by atoms with van der Waals surface area (Å²) in [7, 11) is 0. The fourth-order valence-electron chi connectivity index (χ4n) is 3.52. The van der Waals surface area contributed by atoms with Gasteiger partial charge in [0.2, 0.25) is 0 Å². The summed E-state index contributed by atoms with van der Waals surface area (Å²) in [6, 6.07) is 16.7. The Balaban J connectivity index is 2.31. The smallest absolute Gasteiger partial charge is 0.123 e. The number of hydrogen-bond donors (Lipinski definition) is 0. The van der Waals surface area contributed by atoms with Crippen molar-refractivity contribution in [3.63, 3.8) is 0 Å². The van der Waals surface area contributed by atoms with Gasteiger partial charge in [-0.05, 0) is 55.3 Å². The predicted octanol–water partition coefficient (Wildman–Crippen LogP) is 6.14. The van der Waals surface area contributed by atoms with Crippen molar-refractivity contribution < 1.29 is 4.39 Å². The molecule has 150 valence electrons. The lowest BCUT2D eigenvalue weighted by atomic mass is 10.0. The summed E-state index contributed by atoms with van der Waals surface area (Å²) in [5.41, 5.74) is 4.84. The second-order valence-corrected chi connectivity index (χ2v) is 6.83. The van der Waals surface area contributed by atoms with Gasteiger partial charge < -0.3 is 4.57 Å². The average Bonchev–Trinajstić information content (AvgIpc) is 3.01. The third-order valence-electron chi connectivity index (χ3n) is 4.87. The average molecular weight is 396 g/mol. The van der Waals surface area contributed by atoms with Gasteiger partial charge in [0.25, 0.3) is 0 Å². The number of hydrogen-bond acceptors (Lipinski definition) is 0. The number of nitrogens with zero attached hydrogens (tertiary/aromatic N) is 1. The second kappa shape index (κ2) is 9.71. The number of aromatic nitrogens is 1.